The number of esters is 1. The van der Waals surface area contributed by atoms with Crippen LogP contribution >= 0.6 is 0 Å². The van der Waals surface area contributed by atoms with Gasteiger partial charge in [0.2, 0.25) is 0 Å². The average Bonchev–Trinajstić information content (AvgIpc) is 2.36. The van der Waals surface area contributed by atoms with E-state index in [1.54, 1.807) is 6.92 Å². The molecule has 1 rings (SSSR count). The van der Waals surface area contributed by atoms with Gasteiger partial charge in [0.05, 0.1) is 7.11 Å². The van der Waals surface area contributed by atoms with Crippen LogP contribution in [0.2, 0.25) is 0 Å². The third kappa shape index (κ3) is 1.12. The molecule has 58 valence electrons. The Labute approximate surface area is 59.5 Å². The van der Waals surface area contributed by atoms with Gasteiger partial charge in [-0.3, -0.25) is 4.84 Å². The van der Waals surface area contributed by atoms with Gasteiger partial charge < -0.3 is 4.74 Å². The summed E-state index contributed by atoms with van der Waals surface area (Å²) in [7, 11) is 1.36. The highest BCUT2D eigenvalue weighted by Gasteiger charge is 2.39. The van der Waals surface area contributed by atoms with Crippen LogP contribution in [0.15, 0.2) is 0 Å². The van der Waals surface area contributed by atoms with Gasteiger partial charge in [-0.2, -0.15) is 0 Å². The summed E-state index contributed by atoms with van der Waals surface area (Å²) in [6.45, 7) is 2.41. The highest BCUT2D eigenvalue weighted by Crippen LogP contribution is 2.19. The summed E-state index contributed by atoms with van der Waals surface area (Å²) in [6.07, 6.45) is 0.666. The minimum absolute atomic E-state index is 0.322. The van der Waals surface area contributed by atoms with E-state index in [4.69, 9.17) is 4.84 Å². The first kappa shape index (κ1) is 7.50. The fourth-order valence-corrected chi connectivity index (χ4v) is 0.911. The van der Waals surface area contributed by atoms with E-state index in [0.717, 1.165) is 0 Å². The summed E-state index contributed by atoms with van der Waals surface area (Å²) in [5, 5.41) is 0. The van der Waals surface area contributed by atoms with Gasteiger partial charge in [0, 0.05) is 13.0 Å². The van der Waals surface area contributed by atoms with Gasteiger partial charge in [0.15, 0.2) is 5.60 Å². The molecule has 0 aliphatic carbocycles. The minimum atomic E-state index is -0.769. The zero-order valence-electron chi connectivity index (χ0n) is 6.14. The van der Waals surface area contributed by atoms with Gasteiger partial charge in [-0.05, 0) is 6.92 Å². The minimum Gasteiger partial charge on any atom is -0.467 e. The summed E-state index contributed by atoms with van der Waals surface area (Å²) >= 11 is 0. The van der Waals surface area contributed by atoms with Gasteiger partial charge in [0.25, 0.3) is 0 Å². The summed E-state index contributed by atoms with van der Waals surface area (Å²) < 4.78 is 4.53. The topological polar surface area (TPSA) is 47.6 Å². The first-order valence-corrected chi connectivity index (χ1v) is 3.18. The van der Waals surface area contributed by atoms with E-state index in [1.807, 2.05) is 0 Å². The van der Waals surface area contributed by atoms with Crippen molar-refractivity contribution in [3.05, 3.63) is 0 Å². The Morgan fingerprint density at radius 3 is 2.90 bits per heavy atom. The second-order valence-electron chi connectivity index (χ2n) is 2.47. The third-order valence-electron chi connectivity index (χ3n) is 1.62. The Morgan fingerprint density at radius 1 is 1.80 bits per heavy atom. The number of ether oxygens (including phenoxy) is 1. The monoisotopic (exact) mass is 145 g/mol. The summed E-state index contributed by atoms with van der Waals surface area (Å²) in [5.74, 6) is -0.322. The molecule has 1 aliphatic heterocycles. The molecule has 0 aromatic rings. The Bertz CT molecular complexity index is 140. The largest absolute Gasteiger partial charge is 0.467 e. The summed E-state index contributed by atoms with van der Waals surface area (Å²) in [6, 6.07) is 0. The maximum atomic E-state index is 10.9. The average molecular weight is 145 g/mol. The number of hydrogen-bond acceptors (Lipinski definition) is 4. The van der Waals surface area contributed by atoms with Gasteiger partial charge in [0.1, 0.15) is 0 Å². The maximum Gasteiger partial charge on any atom is 0.340 e. The fourth-order valence-electron chi connectivity index (χ4n) is 0.911. The van der Waals surface area contributed by atoms with Crippen LogP contribution in [0.25, 0.3) is 0 Å². The summed E-state index contributed by atoms with van der Waals surface area (Å²) in [5.41, 5.74) is 1.86. The third-order valence-corrected chi connectivity index (χ3v) is 1.62. The number of hydrogen-bond donors (Lipinski definition) is 1. The van der Waals surface area contributed by atoms with Gasteiger partial charge in [-0.15, -0.1) is 0 Å². The molecule has 1 saturated heterocycles. The predicted molar refractivity (Wildman–Crippen MR) is 34.1 cm³/mol. The van der Waals surface area contributed by atoms with E-state index < -0.39 is 5.60 Å². The second kappa shape index (κ2) is 2.56. The molecule has 10 heavy (non-hydrogen) atoms. The molecule has 1 unspecified atom stereocenters. The van der Waals surface area contributed by atoms with Crippen molar-refractivity contribution in [1.29, 1.82) is 0 Å². The van der Waals surface area contributed by atoms with Crippen LogP contribution in [0, 0.1) is 0 Å². The molecule has 0 aromatic heterocycles. The van der Waals surface area contributed by atoms with Crippen molar-refractivity contribution in [3.8, 4) is 0 Å². The van der Waals surface area contributed by atoms with Crippen LogP contribution in [-0.4, -0.2) is 25.2 Å². The van der Waals surface area contributed by atoms with E-state index in [1.165, 1.54) is 7.11 Å². The zero-order chi connectivity index (χ0) is 7.61. The molecule has 1 atom stereocenters. The van der Waals surface area contributed by atoms with E-state index in [-0.39, 0.29) is 5.97 Å². The first-order chi connectivity index (χ1) is 4.69. The Morgan fingerprint density at radius 2 is 2.50 bits per heavy atom. The number of carbonyl (C=O) groups excluding carboxylic acids is 1. The standard InChI is InChI=1S/C6H11NO3/c1-6(5(8)9-2)3-4-7-10-6/h7H,3-4H2,1-2H3. The van der Waals surface area contributed by atoms with Crippen LogP contribution in [0.4, 0.5) is 0 Å². The second-order valence-corrected chi connectivity index (χ2v) is 2.47. The molecule has 0 spiro atoms. The van der Waals surface area contributed by atoms with Crippen LogP contribution in [0.1, 0.15) is 13.3 Å². The van der Waals surface area contributed by atoms with E-state index in [0.29, 0.717) is 13.0 Å². The zero-order valence-corrected chi connectivity index (χ0v) is 6.14. The Kier molecular flexibility index (Phi) is 1.92. The van der Waals surface area contributed by atoms with Crippen molar-refractivity contribution in [3.63, 3.8) is 0 Å². The molecule has 1 heterocycles. The lowest BCUT2D eigenvalue weighted by molar-refractivity contribution is -0.167. The van der Waals surface area contributed by atoms with Crippen molar-refractivity contribution < 1.29 is 14.4 Å². The van der Waals surface area contributed by atoms with Crippen molar-refractivity contribution in [2.45, 2.75) is 18.9 Å². The van der Waals surface area contributed by atoms with Crippen LogP contribution < -0.4 is 5.48 Å². The smallest absolute Gasteiger partial charge is 0.340 e. The summed E-state index contributed by atoms with van der Waals surface area (Å²) in [4.78, 5) is 15.9. The quantitative estimate of drug-likeness (QED) is 0.521. The molecule has 4 nitrogen and oxygen atoms in total. The highest BCUT2D eigenvalue weighted by atomic mass is 16.7. The maximum absolute atomic E-state index is 10.9. The lowest BCUT2D eigenvalue weighted by atomic mass is 10.0. The van der Waals surface area contributed by atoms with E-state index >= 15 is 0 Å². The van der Waals surface area contributed by atoms with E-state index in [2.05, 4.69) is 10.2 Å². The Balaban J connectivity index is 2.58. The molecular formula is C6H11NO3. The molecule has 1 N–H and O–H groups in total. The molecule has 0 aromatic carbocycles. The van der Waals surface area contributed by atoms with Gasteiger partial charge in [-0.1, -0.05) is 0 Å². The van der Waals surface area contributed by atoms with Crippen LogP contribution in [0.5, 0.6) is 0 Å². The molecule has 0 amide bonds. The van der Waals surface area contributed by atoms with Crippen molar-refractivity contribution in [2.75, 3.05) is 13.7 Å². The lowest BCUT2D eigenvalue weighted by Crippen LogP contribution is -2.36. The number of methoxy groups -OCH3 is 1. The highest BCUT2D eigenvalue weighted by molar-refractivity contribution is 5.79. The van der Waals surface area contributed by atoms with Crippen molar-refractivity contribution in [2.24, 2.45) is 0 Å². The number of hydroxylamine groups is 1. The number of nitrogens with one attached hydrogen (secondary N) is 1. The van der Waals surface area contributed by atoms with Gasteiger partial charge >= 0.3 is 5.97 Å². The van der Waals surface area contributed by atoms with Crippen LogP contribution in [-0.2, 0) is 14.4 Å². The normalized spacial score (nSPS) is 32.2. The molecular weight excluding hydrogens is 134 g/mol. The van der Waals surface area contributed by atoms with E-state index in [9.17, 15) is 4.79 Å². The molecule has 1 fully saturated rings. The lowest BCUT2D eigenvalue weighted by Gasteiger charge is -2.17. The van der Waals surface area contributed by atoms with Crippen LogP contribution in [0.3, 0.4) is 0 Å². The molecule has 0 radical (unpaired) electrons. The number of carbonyl (C=O) groups is 1. The van der Waals surface area contributed by atoms with Crippen molar-refractivity contribution in [1.82, 2.24) is 5.48 Å². The molecule has 0 bridgehead atoms. The predicted octanol–water partition coefficient (Wildman–Crippen LogP) is -0.157. The van der Waals surface area contributed by atoms with Gasteiger partial charge in [-0.25, -0.2) is 10.3 Å². The fraction of sp³-hybridized carbons (Fsp3) is 0.833. The first-order valence-electron chi connectivity index (χ1n) is 3.18. The Hall–Kier alpha value is -0.610. The SMILES string of the molecule is COC(=O)C1(C)CCNO1. The molecule has 4 heteroatoms. The number of rotatable bonds is 1. The molecule has 1 aliphatic rings. The van der Waals surface area contributed by atoms with Crippen molar-refractivity contribution >= 4 is 5.97 Å². The molecule has 0 saturated carbocycles.